The molecule has 0 spiro atoms. The monoisotopic (exact) mass is 281 g/mol. The molecule has 2 rings (SSSR count). The fraction of sp³-hybridized carbons (Fsp3) is 0.462. The Morgan fingerprint density at radius 3 is 2.85 bits per heavy atom. The molecule has 20 heavy (non-hydrogen) atoms. The molecule has 6 nitrogen and oxygen atoms in total. The maximum atomic E-state index is 13.6. The molecule has 0 saturated carbocycles. The van der Waals surface area contributed by atoms with Gasteiger partial charge in [-0.05, 0) is 20.8 Å². The first-order chi connectivity index (χ1) is 9.26. The van der Waals surface area contributed by atoms with E-state index in [-0.39, 0.29) is 13.1 Å². The van der Waals surface area contributed by atoms with Crippen LogP contribution < -0.4 is 5.32 Å². The fourth-order valence-electron chi connectivity index (χ4n) is 1.84. The van der Waals surface area contributed by atoms with Gasteiger partial charge in [-0.3, -0.25) is 9.78 Å². The van der Waals surface area contributed by atoms with Crippen LogP contribution in [0.4, 0.5) is 14.9 Å². The van der Waals surface area contributed by atoms with Crippen molar-refractivity contribution in [3.8, 4) is 0 Å². The zero-order valence-electron chi connectivity index (χ0n) is 11.6. The molecule has 108 valence electrons. The van der Waals surface area contributed by atoms with E-state index in [4.69, 9.17) is 4.74 Å². The average Bonchev–Trinajstić information content (AvgIpc) is 2.29. The molecule has 0 saturated heterocycles. The lowest BCUT2D eigenvalue weighted by atomic mass is 10.1. The number of carbonyl (C=O) groups excluding carboxylic acids is 2. The lowest BCUT2D eigenvalue weighted by Crippen LogP contribution is -2.43. The Kier molecular flexibility index (Phi) is 3.61. The van der Waals surface area contributed by atoms with Crippen molar-refractivity contribution in [1.29, 1.82) is 0 Å². The number of ether oxygens (including phenoxy) is 1. The van der Waals surface area contributed by atoms with E-state index in [1.54, 1.807) is 20.8 Å². The number of nitrogens with one attached hydrogen (secondary N) is 1. The van der Waals surface area contributed by atoms with Crippen LogP contribution in [-0.4, -0.2) is 34.0 Å². The number of aromatic nitrogens is 1. The number of amides is 2. The van der Waals surface area contributed by atoms with Crippen LogP contribution in [0.15, 0.2) is 12.4 Å². The second-order valence-electron chi connectivity index (χ2n) is 5.52. The van der Waals surface area contributed by atoms with E-state index in [2.05, 4.69) is 10.3 Å². The van der Waals surface area contributed by atoms with Crippen LogP contribution in [0.2, 0.25) is 0 Å². The van der Waals surface area contributed by atoms with Gasteiger partial charge in [0.25, 0.3) is 0 Å². The van der Waals surface area contributed by atoms with Gasteiger partial charge in [-0.15, -0.1) is 0 Å². The van der Waals surface area contributed by atoms with E-state index < -0.39 is 23.4 Å². The minimum atomic E-state index is -0.629. The molecule has 1 aliphatic heterocycles. The van der Waals surface area contributed by atoms with Crippen LogP contribution in [-0.2, 0) is 16.1 Å². The summed E-state index contributed by atoms with van der Waals surface area (Å²) in [7, 11) is 0. The molecule has 0 aromatic carbocycles. The van der Waals surface area contributed by atoms with Crippen molar-refractivity contribution >= 4 is 17.7 Å². The number of halogens is 1. The first-order valence-corrected chi connectivity index (χ1v) is 6.16. The second-order valence-corrected chi connectivity index (χ2v) is 5.52. The number of carbonyl (C=O) groups is 2. The largest absolute Gasteiger partial charge is 0.459 e. The molecule has 0 atom stereocenters. The Bertz CT molecular complexity index is 554. The number of hydrogen-bond donors (Lipinski definition) is 1. The molecule has 0 fully saturated rings. The average molecular weight is 281 g/mol. The molecule has 0 bridgehead atoms. The van der Waals surface area contributed by atoms with Gasteiger partial charge in [-0.25, -0.2) is 9.18 Å². The van der Waals surface area contributed by atoms with Crippen molar-refractivity contribution in [1.82, 2.24) is 9.88 Å². The predicted molar refractivity (Wildman–Crippen MR) is 69.5 cm³/mol. The number of anilines is 1. The van der Waals surface area contributed by atoms with Crippen LogP contribution in [0.3, 0.4) is 0 Å². The molecule has 0 unspecified atom stereocenters. The third-order valence-electron chi connectivity index (χ3n) is 2.62. The Balaban J connectivity index is 2.10. The lowest BCUT2D eigenvalue weighted by Gasteiger charge is -2.29. The van der Waals surface area contributed by atoms with Crippen molar-refractivity contribution in [2.75, 3.05) is 11.9 Å². The van der Waals surface area contributed by atoms with Gasteiger partial charge in [0.15, 0.2) is 0 Å². The van der Waals surface area contributed by atoms with Crippen LogP contribution in [0, 0.1) is 5.82 Å². The second kappa shape index (κ2) is 5.07. The molecule has 1 aliphatic rings. The summed E-state index contributed by atoms with van der Waals surface area (Å²) in [6.07, 6.45) is 2.45. The number of hydrogen-bond acceptors (Lipinski definition) is 4. The molecular weight excluding hydrogens is 265 g/mol. The van der Waals surface area contributed by atoms with Crippen LogP contribution in [0.1, 0.15) is 26.3 Å². The summed E-state index contributed by atoms with van der Waals surface area (Å²) in [5.41, 5.74) is 0.00904. The van der Waals surface area contributed by atoms with Crippen molar-refractivity contribution < 1.29 is 18.7 Å². The first-order valence-electron chi connectivity index (χ1n) is 6.16. The van der Waals surface area contributed by atoms with Gasteiger partial charge < -0.3 is 15.0 Å². The van der Waals surface area contributed by atoms with E-state index in [1.807, 2.05) is 0 Å². The van der Waals surface area contributed by atoms with Crippen molar-refractivity contribution in [3.05, 3.63) is 23.8 Å². The highest BCUT2D eigenvalue weighted by Gasteiger charge is 2.28. The number of nitrogens with zero attached hydrogens (tertiary/aromatic N) is 2. The van der Waals surface area contributed by atoms with Crippen molar-refractivity contribution in [3.63, 3.8) is 0 Å². The summed E-state index contributed by atoms with van der Waals surface area (Å²) in [4.78, 5) is 28.4. The minimum absolute atomic E-state index is 0.00869. The van der Waals surface area contributed by atoms with Gasteiger partial charge >= 0.3 is 12.0 Å². The van der Waals surface area contributed by atoms with Gasteiger partial charge in [-0.1, -0.05) is 0 Å². The zero-order valence-corrected chi connectivity index (χ0v) is 11.6. The molecule has 1 N–H and O–H groups in total. The molecular formula is C13H16FN3O3. The van der Waals surface area contributed by atoms with E-state index in [0.717, 1.165) is 6.20 Å². The Morgan fingerprint density at radius 1 is 1.50 bits per heavy atom. The number of rotatable bonds is 2. The maximum Gasteiger partial charge on any atom is 0.326 e. The Labute approximate surface area is 115 Å². The summed E-state index contributed by atoms with van der Waals surface area (Å²) in [5, 5.41) is 2.50. The summed E-state index contributed by atoms with van der Waals surface area (Å²) in [6, 6.07) is -0.476. The smallest absolute Gasteiger partial charge is 0.326 e. The first kappa shape index (κ1) is 14.2. The molecule has 0 aliphatic carbocycles. The van der Waals surface area contributed by atoms with Crippen LogP contribution >= 0.6 is 0 Å². The lowest BCUT2D eigenvalue weighted by molar-refractivity contribution is -0.155. The highest BCUT2D eigenvalue weighted by atomic mass is 19.1. The van der Waals surface area contributed by atoms with E-state index in [9.17, 15) is 14.0 Å². The van der Waals surface area contributed by atoms with Gasteiger partial charge in [0.2, 0.25) is 0 Å². The predicted octanol–water partition coefficient (Wildman–Crippen LogP) is 1.91. The highest BCUT2D eigenvalue weighted by Crippen LogP contribution is 2.24. The van der Waals surface area contributed by atoms with E-state index in [1.165, 1.54) is 11.1 Å². The summed E-state index contributed by atoms with van der Waals surface area (Å²) in [5.74, 6) is -1.05. The Hall–Kier alpha value is -2.18. The fourth-order valence-corrected chi connectivity index (χ4v) is 1.84. The summed E-state index contributed by atoms with van der Waals surface area (Å²) >= 11 is 0. The normalized spacial score (nSPS) is 14.6. The maximum absolute atomic E-state index is 13.6. The van der Waals surface area contributed by atoms with Gasteiger partial charge in [-0.2, -0.15) is 0 Å². The van der Waals surface area contributed by atoms with Crippen LogP contribution in [0.5, 0.6) is 0 Å². The molecule has 7 heteroatoms. The third kappa shape index (κ3) is 3.23. The minimum Gasteiger partial charge on any atom is -0.459 e. The van der Waals surface area contributed by atoms with Gasteiger partial charge in [0, 0.05) is 5.56 Å². The standard InChI is InChI=1S/C13H16FN3O3/c1-13(2,3)20-11(18)7-17-6-8-9(14)4-15-5-10(8)16-12(17)19/h4-5H,6-7H2,1-3H3,(H,16,19). The molecule has 0 radical (unpaired) electrons. The molecule has 1 aromatic rings. The number of fused-ring (bicyclic) bond motifs is 1. The zero-order chi connectivity index (χ0) is 14.9. The summed E-state index contributed by atoms with van der Waals surface area (Å²) < 4.78 is 18.8. The van der Waals surface area contributed by atoms with Crippen LogP contribution in [0.25, 0.3) is 0 Å². The number of urea groups is 1. The van der Waals surface area contributed by atoms with Crippen molar-refractivity contribution in [2.45, 2.75) is 32.9 Å². The van der Waals surface area contributed by atoms with Gasteiger partial charge in [0.05, 0.1) is 24.6 Å². The summed E-state index contributed by atoms with van der Waals surface area (Å²) in [6.45, 7) is 4.99. The van der Waals surface area contributed by atoms with Gasteiger partial charge in [0.1, 0.15) is 18.0 Å². The molecule has 2 heterocycles. The topological polar surface area (TPSA) is 71.5 Å². The van der Waals surface area contributed by atoms with E-state index in [0.29, 0.717) is 11.3 Å². The SMILES string of the molecule is CC(C)(C)OC(=O)CN1Cc2c(F)cncc2NC1=O. The quantitative estimate of drug-likeness (QED) is 0.840. The van der Waals surface area contributed by atoms with Crippen molar-refractivity contribution in [2.24, 2.45) is 0 Å². The molecule has 1 aromatic heterocycles. The number of pyridine rings is 1. The Morgan fingerprint density at radius 2 is 2.20 bits per heavy atom. The highest BCUT2D eigenvalue weighted by molar-refractivity contribution is 5.94. The molecule has 2 amide bonds. The number of esters is 1. The third-order valence-corrected chi connectivity index (χ3v) is 2.62. The van der Waals surface area contributed by atoms with E-state index >= 15 is 0 Å².